The number of fused-ring (bicyclic) bond motifs is 2. The number of nitrogens with zero attached hydrogens (tertiary/aromatic N) is 7. The number of aromatic nitrogens is 3. The fraction of sp³-hybridized carbons (Fsp3) is 0.577. The quantitative estimate of drug-likeness (QED) is 0.675. The molecule has 0 radical (unpaired) electrons. The van der Waals surface area contributed by atoms with Gasteiger partial charge in [0.05, 0.1) is 11.6 Å². The van der Waals surface area contributed by atoms with E-state index in [9.17, 15) is 10.1 Å². The van der Waals surface area contributed by atoms with Crippen LogP contribution in [0.1, 0.15) is 65.0 Å². The molecule has 2 fully saturated rings. The summed E-state index contributed by atoms with van der Waals surface area (Å²) in [6, 6.07) is 6.03. The van der Waals surface area contributed by atoms with Crippen LogP contribution in [-0.4, -0.2) is 57.5 Å². The highest BCUT2D eigenvalue weighted by Gasteiger charge is 2.52. The molecule has 1 spiro atoms. The zero-order valence-corrected chi connectivity index (χ0v) is 20.7. The van der Waals surface area contributed by atoms with E-state index in [1.807, 2.05) is 31.7 Å². The highest BCUT2D eigenvalue weighted by Crippen LogP contribution is 2.56. The third-order valence-electron chi connectivity index (χ3n) is 7.68. The molecular formula is C26H33N7O. The van der Waals surface area contributed by atoms with Gasteiger partial charge in [0.2, 0.25) is 5.91 Å². The molecule has 2 aromatic heterocycles. The molecule has 1 saturated carbocycles. The van der Waals surface area contributed by atoms with Crippen LogP contribution < -0.4 is 9.80 Å². The second-order valence-corrected chi connectivity index (χ2v) is 11.2. The van der Waals surface area contributed by atoms with Crippen LogP contribution in [0.25, 0.3) is 0 Å². The summed E-state index contributed by atoms with van der Waals surface area (Å²) in [6.45, 7) is 12.5. The Bertz CT molecular complexity index is 1160. The van der Waals surface area contributed by atoms with Gasteiger partial charge in [0.15, 0.2) is 0 Å². The first-order valence-corrected chi connectivity index (χ1v) is 12.2. The Morgan fingerprint density at radius 1 is 1.12 bits per heavy atom. The van der Waals surface area contributed by atoms with Gasteiger partial charge in [0.1, 0.15) is 23.8 Å². The average Bonchev–Trinajstić information content (AvgIpc) is 3.16. The number of hydrogen-bond acceptors (Lipinski definition) is 7. The summed E-state index contributed by atoms with van der Waals surface area (Å²) in [7, 11) is 0. The number of nitriles is 1. The summed E-state index contributed by atoms with van der Waals surface area (Å²) in [5.41, 5.74) is 1.42. The summed E-state index contributed by atoms with van der Waals surface area (Å²) in [4.78, 5) is 33.8. The molecule has 1 saturated heterocycles. The minimum Gasteiger partial charge on any atom is -0.350 e. The van der Waals surface area contributed by atoms with Crippen molar-refractivity contribution in [3.63, 3.8) is 0 Å². The minimum atomic E-state index is -0.395. The van der Waals surface area contributed by atoms with E-state index < -0.39 is 5.41 Å². The van der Waals surface area contributed by atoms with Crippen LogP contribution in [0.5, 0.6) is 0 Å². The molecule has 178 valence electrons. The van der Waals surface area contributed by atoms with E-state index >= 15 is 0 Å². The molecule has 2 atom stereocenters. The first-order valence-electron chi connectivity index (χ1n) is 12.2. The maximum atomic E-state index is 13.1. The average molecular weight is 460 g/mol. The lowest BCUT2D eigenvalue weighted by Crippen LogP contribution is -2.60. The lowest BCUT2D eigenvalue weighted by molar-refractivity contribution is -0.142. The van der Waals surface area contributed by atoms with Gasteiger partial charge in [-0.3, -0.25) is 4.79 Å². The number of anilines is 3. The molecule has 2 aromatic rings. The maximum Gasteiger partial charge on any atom is 0.228 e. The van der Waals surface area contributed by atoms with Crippen molar-refractivity contribution in [3.05, 3.63) is 35.8 Å². The summed E-state index contributed by atoms with van der Waals surface area (Å²) >= 11 is 0. The van der Waals surface area contributed by atoms with Crippen molar-refractivity contribution in [2.75, 3.05) is 29.4 Å². The zero-order valence-electron chi connectivity index (χ0n) is 20.7. The second-order valence-electron chi connectivity index (χ2n) is 11.2. The molecule has 0 unspecified atom stereocenters. The van der Waals surface area contributed by atoms with Crippen molar-refractivity contribution in [3.8, 4) is 6.07 Å². The Kier molecular flexibility index (Phi) is 5.27. The Hall–Kier alpha value is -3.21. The molecule has 0 aromatic carbocycles. The first kappa shape index (κ1) is 22.6. The summed E-state index contributed by atoms with van der Waals surface area (Å²) < 4.78 is 0. The number of rotatable bonds is 2. The van der Waals surface area contributed by atoms with E-state index in [4.69, 9.17) is 9.97 Å². The van der Waals surface area contributed by atoms with Crippen molar-refractivity contribution in [1.29, 1.82) is 5.26 Å². The molecule has 5 rings (SSSR count). The van der Waals surface area contributed by atoms with Crippen molar-refractivity contribution in [1.82, 2.24) is 19.9 Å². The zero-order chi connectivity index (χ0) is 24.3. The molecule has 4 heterocycles. The molecule has 0 N–H and O–H groups in total. The first-order chi connectivity index (χ1) is 16.1. The van der Waals surface area contributed by atoms with Crippen LogP contribution in [0, 0.1) is 16.7 Å². The molecule has 0 bridgehead atoms. The topological polar surface area (TPSA) is 89.2 Å². The van der Waals surface area contributed by atoms with Gasteiger partial charge in [-0.1, -0.05) is 27.2 Å². The van der Waals surface area contributed by atoms with Gasteiger partial charge < -0.3 is 14.7 Å². The predicted octanol–water partition coefficient (Wildman–Crippen LogP) is 3.79. The number of carbonyl (C=O) groups is 1. The number of carbonyl (C=O) groups excluding carboxylic acids is 1. The molecular weight excluding hydrogens is 426 g/mol. The molecule has 8 nitrogen and oxygen atoms in total. The molecule has 3 aliphatic rings. The monoisotopic (exact) mass is 459 g/mol. The molecule has 34 heavy (non-hydrogen) atoms. The number of amides is 1. The van der Waals surface area contributed by atoms with Gasteiger partial charge in [-0.05, 0) is 38.8 Å². The second kappa shape index (κ2) is 7.93. The van der Waals surface area contributed by atoms with Crippen LogP contribution in [0.3, 0.4) is 0 Å². The standard InChI is InChI=1S/C26H33N7O/c1-17-14-32(24(34)25(3,4)5)18(2)13-31(17)22-21-23(30-16-29-22)33(15-26(21)8-6-9-26)20-11-19(12-27)7-10-28-20/h7,10-11,16-18H,6,8-9,13-15H2,1-5H3/t17-,18-/m0/s1. The van der Waals surface area contributed by atoms with Crippen LogP contribution >= 0.6 is 0 Å². The lowest BCUT2D eigenvalue weighted by Gasteiger charge is -2.48. The fourth-order valence-electron chi connectivity index (χ4n) is 5.69. The Morgan fingerprint density at radius 3 is 2.50 bits per heavy atom. The van der Waals surface area contributed by atoms with Crippen molar-refractivity contribution < 1.29 is 4.79 Å². The highest BCUT2D eigenvalue weighted by molar-refractivity contribution is 5.82. The van der Waals surface area contributed by atoms with Gasteiger partial charge in [-0.15, -0.1) is 0 Å². The van der Waals surface area contributed by atoms with Crippen LogP contribution in [0.4, 0.5) is 17.5 Å². The van der Waals surface area contributed by atoms with Gasteiger partial charge in [0, 0.05) is 54.3 Å². The smallest absolute Gasteiger partial charge is 0.228 e. The van der Waals surface area contributed by atoms with Gasteiger partial charge in [-0.25, -0.2) is 15.0 Å². The van der Waals surface area contributed by atoms with Crippen molar-refractivity contribution in [2.24, 2.45) is 5.41 Å². The van der Waals surface area contributed by atoms with Crippen LogP contribution in [-0.2, 0) is 10.2 Å². The number of pyridine rings is 1. The van der Waals surface area contributed by atoms with E-state index in [1.165, 1.54) is 12.0 Å². The molecule has 1 amide bonds. The van der Waals surface area contributed by atoms with Crippen LogP contribution in [0.15, 0.2) is 24.7 Å². The Morgan fingerprint density at radius 2 is 1.85 bits per heavy atom. The molecule has 2 aliphatic heterocycles. The lowest BCUT2D eigenvalue weighted by atomic mass is 9.66. The fourth-order valence-corrected chi connectivity index (χ4v) is 5.69. The van der Waals surface area contributed by atoms with E-state index in [0.717, 1.165) is 43.4 Å². The predicted molar refractivity (Wildman–Crippen MR) is 131 cm³/mol. The highest BCUT2D eigenvalue weighted by atomic mass is 16.2. The summed E-state index contributed by atoms with van der Waals surface area (Å²) in [5.74, 6) is 2.85. The van der Waals surface area contributed by atoms with E-state index in [2.05, 4.69) is 34.7 Å². The van der Waals surface area contributed by atoms with Crippen LogP contribution in [0.2, 0.25) is 0 Å². The normalized spacial score (nSPS) is 23.5. The van der Waals surface area contributed by atoms with Crippen molar-refractivity contribution in [2.45, 2.75) is 71.4 Å². The third-order valence-corrected chi connectivity index (χ3v) is 7.68. The number of hydrogen-bond donors (Lipinski definition) is 0. The summed E-state index contributed by atoms with van der Waals surface area (Å²) in [6.07, 6.45) is 6.73. The largest absolute Gasteiger partial charge is 0.350 e. The molecule has 8 heteroatoms. The van der Waals surface area contributed by atoms with Gasteiger partial charge in [-0.2, -0.15) is 5.26 Å². The van der Waals surface area contributed by atoms with E-state index in [0.29, 0.717) is 12.1 Å². The summed E-state index contributed by atoms with van der Waals surface area (Å²) in [5, 5.41) is 9.38. The van der Waals surface area contributed by atoms with Gasteiger partial charge >= 0.3 is 0 Å². The number of piperazine rings is 1. The van der Waals surface area contributed by atoms with Crippen molar-refractivity contribution >= 4 is 23.4 Å². The maximum absolute atomic E-state index is 13.1. The van der Waals surface area contributed by atoms with Gasteiger partial charge in [0.25, 0.3) is 0 Å². The van der Waals surface area contributed by atoms with E-state index in [1.54, 1.807) is 18.6 Å². The Labute approximate surface area is 201 Å². The molecule has 1 aliphatic carbocycles. The van der Waals surface area contributed by atoms with E-state index in [-0.39, 0.29) is 23.4 Å². The minimum absolute atomic E-state index is 0.0115. The SMILES string of the molecule is C[C@H]1CN(c2ncnc3c2C2(CCC2)CN3c2cc(C#N)ccn2)[C@@H](C)CN1C(=O)C(C)(C)C. The Balaban J connectivity index is 1.52. The third kappa shape index (κ3) is 3.49.